The number of hydrogen-bond donors (Lipinski definition) is 0. The van der Waals surface area contributed by atoms with Crippen LogP contribution in [0.15, 0.2) is 40.4 Å². The molecule has 1 aliphatic heterocycles. The molecule has 156 valence electrons. The summed E-state index contributed by atoms with van der Waals surface area (Å²) in [6, 6.07) is 8.03. The van der Waals surface area contributed by atoms with Gasteiger partial charge in [0.2, 0.25) is 0 Å². The van der Waals surface area contributed by atoms with Gasteiger partial charge in [0.1, 0.15) is 17.4 Å². The van der Waals surface area contributed by atoms with E-state index in [1.54, 1.807) is 23.6 Å². The molecule has 1 fully saturated rings. The maximum absolute atomic E-state index is 13.1. The highest BCUT2D eigenvalue weighted by Crippen LogP contribution is 2.33. The molecule has 2 aliphatic rings. The molecule has 1 aromatic carbocycles. The van der Waals surface area contributed by atoms with E-state index < -0.39 is 0 Å². The van der Waals surface area contributed by atoms with Gasteiger partial charge in [0.25, 0.3) is 5.91 Å². The van der Waals surface area contributed by atoms with Gasteiger partial charge < -0.3 is 14.2 Å². The fraction of sp³-hybridized carbons (Fsp3) is 0.435. The molecule has 3 aromatic rings. The van der Waals surface area contributed by atoms with Crippen molar-refractivity contribution in [3.05, 3.63) is 63.4 Å². The Morgan fingerprint density at radius 2 is 2.07 bits per heavy atom. The third kappa shape index (κ3) is 3.99. The number of carbonyl (C=O) groups is 1. The number of aromatic nitrogens is 2. The number of hydrogen-bond acceptors (Lipinski definition) is 6. The number of carbonyl (C=O) groups excluding carboxylic acids is 1. The van der Waals surface area contributed by atoms with Crippen molar-refractivity contribution in [2.75, 3.05) is 6.54 Å². The van der Waals surface area contributed by atoms with Gasteiger partial charge in [-0.2, -0.15) is 0 Å². The molecule has 1 unspecified atom stereocenters. The molecule has 5 rings (SSSR count). The first-order chi connectivity index (χ1) is 14.8. The Morgan fingerprint density at radius 1 is 1.17 bits per heavy atom. The maximum Gasteiger partial charge on any atom is 0.276 e. The summed E-state index contributed by atoms with van der Waals surface area (Å²) < 4.78 is 11.3. The number of likely N-dealkylation sites (tertiary alicyclic amines) is 1. The summed E-state index contributed by atoms with van der Waals surface area (Å²) >= 11 is 1.60. The molecule has 30 heavy (non-hydrogen) atoms. The summed E-state index contributed by atoms with van der Waals surface area (Å²) in [5, 5.41) is 6.97. The number of amides is 1. The van der Waals surface area contributed by atoms with Crippen LogP contribution in [0.2, 0.25) is 0 Å². The molecule has 3 heterocycles. The molecule has 0 spiro atoms. The molecule has 7 heteroatoms. The zero-order chi connectivity index (χ0) is 20.3. The van der Waals surface area contributed by atoms with Crippen LogP contribution in [0.1, 0.15) is 70.5 Å². The second-order valence-corrected chi connectivity index (χ2v) is 8.91. The van der Waals surface area contributed by atoms with Gasteiger partial charge in [0.05, 0.1) is 6.04 Å². The quantitative estimate of drug-likeness (QED) is 0.580. The first-order valence-electron chi connectivity index (χ1n) is 10.7. The molecule has 6 nitrogen and oxygen atoms in total. The number of thiazole rings is 1. The third-order valence-electron chi connectivity index (χ3n) is 5.98. The number of fused-ring (bicyclic) bond motifs is 1. The second kappa shape index (κ2) is 8.60. The lowest BCUT2D eigenvalue weighted by Gasteiger charge is -2.33. The van der Waals surface area contributed by atoms with E-state index in [2.05, 4.69) is 22.3 Å². The normalized spacial score (nSPS) is 18.8. The van der Waals surface area contributed by atoms with E-state index in [9.17, 15) is 4.79 Å². The summed E-state index contributed by atoms with van der Waals surface area (Å²) in [4.78, 5) is 19.4. The monoisotopic (exact) mass is 423 g/mol. The van der Waals surface area contributed by atoms with E-state index >= 15 is 0 Å². The molecular formula is C23H25N3O3S. The molecule has 1 aliphatic carbocycles. The smallest absolute Gasteiger partial charge is 0.276 e. The molecule has 0 radical (unpaired) electrons. The predicted molar refractivity (Wildman–Crippen MR) is 114 cm³/mol. The highest BCUT2D eigenvalue weighted by atomic mass is 32.1. The SMILES string of the molecule is O=C(c1cc(COc2ccc3c(c2)CCCC3)on1)N1CCCCC1c1nccs1. The van der Waals surface area contributed by atoms with Crippen LogP contribution >= 0.6 is 11.3 Å². The van der Waals surface area contributed by atoms with E-state index in [1.165, 1.54) is 24.0 Å². The minimum atomic E-state index is -0.0984. The largest absolute Gasteiger partial charge is 0.486 e. The lowest BCUT2D eigenvalue weighted by atomic mass is 9.92. The van der Waals surface area contributed by atoms with Gasteiger partial charge in [0, 0.05) is 24.2 Å². The Bertz CT molecular complexity index is 1010. The van der Waals surface area contributed by atoms with Gasteiger partial charge in [0.15, 0.2) is 11.5 Å². The van der Waals surface area contributed by atoms with E-state index in [-0.39, 0.29) is 18.6 Å². The summed E-state index contributed by atoms with van der Waals surface area (Å²) in [5.41, 5.74) is 3.14. The van der Waals surface area contributed by atoms with E-state index in [0.29, 0.717) is 11.5 Å². The first-order valence-corrected chi connectivity index (χ1v) is 11.6. The van der Waals surface area contributed by atoms with Gasteiger partial charge in [-0.1, -0.05) is 11.2 Å². The summed E-state index contributed by atoms with van der Waals surface area (Å²) in [7, 11) is 0. The van der Waals surface area contributed by atoms with Crippen LogP contribution in [0.5, 0.6) is 5.75 Å². The van der Waals surface area contributed by atoms with E-state index in [1.807, 2.05) is 16.3 Å². The summed E-state index contributed by atoms with van der Waals surface area (Å²) in [6.07, 6.45) is 9.61. The number of benzene rings is 1. The summed E-state index contributed by atoms with van der Waals surface area (Å²) in [5.74, 6) is 1.29. The van der Waals surface area contributed by atoms with Gasteiger partial charge in [-0.05, 0) is 68.2 Å². The number of ether oxygens (including phenoxy) is 1. The Kier molecular flexibility index (Phi) is 5.53. The minimum Gasteiger partial charge on any atom is -0.486 e. The number of nitrogens with zero attached hydrogens (tertiary/aromatic N) is 3. The highest BCUT2D eigenvalue weighted by molar-refractivity contribution is 7.09. The van der Waals surface area contributed by atoms with Crippen molar-refractivity contribution in [2.24, 2.45) is 0 Å². The Morgan fingerprint density at radius 3 is 2.93 bits per heavy atom. The van der Waals surface area contributed by atoms with Crippen molar-refractivity contribution in [3.63, 3.8) is 0 Å². The molecule has 2 aromatic heterocycles. The first kappa shape index (κ1) is 19.3. The van der Waals surface area contributed by atoms with E-state index in [4.69, 9.17) is 9.26 Å². The van der Waals surface area contributed by atoms with Crippen molar-refractivity contribution < 1.29 is 14.1 Å². The van der Waals surface area contributed by atoms with E-state index in [0.717, 1.165) is 49.4 Å². The van der Waals surface area contributed by atoms with Crippen molar-refractivity contribution in [1.82, 2.24) is 15.0 Å². The standard InChI is InChI=1S/C23H25N3O3S/c27-23(26-11-4-3-7-21(26)22-24-10-12-30-22)20-14-19(29-25-20)15-28-18-9-8-16-5-1-2-6-17(16)13-18/h8-10,12-14,21H,1-7,11,15H2. The van der Waals surface area contributed by atoms with Crippen LogP contribution in [0, 0.1) is 0 Å². The van der Waals surface area contributed by atoms with Gasteiger partial charge in [-0.15, -0.1) is 11.3 Å². The maximum atomic E-state index is 13.1. The highest BCUT2D eigenvalue weighted by Gasteiger charge is 2.31. The van der Waals surface area contributed by atoms with Crippen molar-refractivity contribution in [2.45, 2.75) is 57.6 Å². The molecule has 1 saturated heterocycles. The van der Waals surface area contributed by atoms with Crippen LogP contribution in [0.4, 0.5) is 0 Å². The fourth-order valence-electron chi connectivity index (χ4n) is 4.41. The number of piperidine rings is 1. The average molecular weight is 424 g/mol. The predicted octanol–water partition coefficient (Wildman–Crippen LogP) is 4.96. The lowest BCUT2D eigenvalue weighted by molar-refractivity contribution is 0.0600. The molecule has 1 atom stereocenters. The lowest BCUT2D eigenvalue weighted by Crippen LogP contribution is -2.38. The fourth-order valence-corrected chi connectivity index (χ4v) is 5.20. The molecule has 1 amide bonds. The molecule has 0 N–H and O–H groups in total. The zero-order valence-corrected chi connectivity index (χ0v) is 17.7. The van der Waals surface area contributed by atoms with Crippen molar-refractivity contribution >= 4 is 17.2 Å². The van der Waals surface area contributed by atoms with Crippen LogP contribution in [0.25, 0.3) is 0 Å². The Balaban J connectivity index is 1.25. The Labute approximate surface area is 179 Å². The van der Waals surface area contributed by atoms with Crippen LogP contribution in [-0.4, -0.2) is 27.5 Å². The van der Waals surface area contributed by atoms with Crippen LogP contribution < -0.4 is 4.74 Å². The topological polar surface area (TPSA) is 68.5 Å². The third-order valence-corrected chi connectivity index (χ3v) is 6.86. The number of aryl methyl sites for hydroxylation is 2. The van der Waals surface area contributed by atoms with Gasteiger partial charge in [-0.25, -0.2) is 4.98 Å². The average Bonchev–Trinajstić information content (AvgIpc) is 3.49. The second-order valence-electron chi connectivity index (χ2n) is 7.99. The zero-order valence-electron chi connectivity index (χ0n) is 16.9. The van der Waals surface area contributed by atoms with Crippen molar-refractivity contribution in [1.29, 1.82) is 0 Å². The Hall–Kier alpha value is -2.67. The summed E-state index contributed by atoms with van der Waals surface area (Å²) in [6.45, 7) is 0.978. The van der Waals surface area contributed by atoms with Crippen LogP contribution in [-0.2, 0) is 19.4 Å². The molecule has 0 saturated carbocycles. The minimum absolute atomic E-state index is 0.0261. The molecular weight excluding hydrogens is 398 g/mol. The van der Waals surface area contributed by atoms with Gasteiger partial charge >= 0.3 is 0 Å². The van der Waals surface area contributed by atoms with Crippen molar-refractivity contribution in [3.8, 4) is 5.75 Å². The molecule has 0 bridgehead atoms. The van der Waals surface area contributed by atoms with Gasteiger partial charge in [-0.3, -0.25) is 4.79 Å². The number of rotatable bonds is 5. The van der Waals surface area contributed by atoms with Crippen LogP contribution in [0.3, 0.4) is 0 Å².